The monoisotopic (exact) mass is 284 g/mol. The molecule has 0 aromatic heterocycles. The van der Waals surface area contributed by atoms with Crippen LogP contribution < -0.4 is 0 Å². The first-order chi connectivity index (χ1) is 9.23. The van der Waals surface area contributed by atoms with Crippen LogP contribution in [-0.4, -0.2) is 42.9 Å². The number of carbonyl (C=O) groups is 2. The highest BCUT2D eigenvalue weighted by Gasteiger charge is 1.99. The Morgan fingerprint density at radius 1 is 0.800 bits per heavy atom. The minimum atomic E-state index is -1.83. The van der Waals surface area contributed by atoms with Gasteiger partial charge in [0.15, 0.2) is 0 Å². The molecule has 0 fully saturated rings. The summed E-state index contributed by atoms with van der Waals surface area (Å²) in [6, 6.07) is 10.3. The predicted octanol–water partition coefficient (Wildman–Crippen LogP) is 2.70. The van der Waals surface area contributed by atoms with Crippen molar-refractivity contribution in [2.24, 2.45) is 0 Å². The topological polar surface area (TPSA) is 156 Å². The maximum Gasteiger partial charge on any atom is 0.503 e. The summed E-state index contributed by atoms with van der Waals surface area (Å²) in [6.07, 6.45) is -3.67. The molecule has 8 nitrogen and oxygen atoms in total. The van der Waals surface area contributed by atoms with Crippen LogP contribution in [0.2, 0.25) is 0 Å². The molecule has 2 aromatic carbocycles. The summed E-state index contributed by atoms with van der Waals surface area (Å²) in [5.74, 6) is 0.205. The molecule has 2 aromatic rings. The fraction of sp³-hybridized carbons (Fsp3) is 0. The Kier molecular flexibility index (Phi) is 6.76. The smallest absolute Gasteiger partial charge is 0.503 e. The van der Waals surface area contributed by atoms with Gasteiger partial charge in [-0.1, -0.05) is 24.3 Å². The van der Waals surface area contributed by atoms with E-state index in [2.05, 4.69) is 0 Å². The van der Waals surface area contributed by atoms with Crippen molar-refractivity contribution < 1.29 is 40.2 Å². The molecule has 0 bridgehead atoms. The van der Waals surface area contributed by atoms with Crippen LogP contribution in [0.1, 0.15) is 0 Å². The second-order valence-electron chi connectivity index (χ2n) is 3.25. The number of hydrogen-bond acceptors (Lipinski definition) is 4. The van der Waals surface area contributed by atoms with Gasteiger partial charge in [0.25, 0.3) is 0 Å². The molecule has 0 saturated heterocycles. The molecule has 0 aliphatic carbocycles. The maximum absolute atomic E-state index is 9.39. The lowest BCUT2D eigenvalue weighted by atomic mass is 10.1. The fourth-order valence-electron chi connectivity index (χ4n) is 1.27. The van der Waals surface area contributed by atoms with Crippen molar-refractivity contribution in [3.63, 3.8) is 0 Å². The molecule has 0 spiro atoms. The minimum absolute atomic E-state index is 0.0891. The zero-order chi connectivity index (χ0) is 15.7. The zero-order valence-corrected chi connectivity index (χ0v) is 9.96. The summed E-state index contributed by atoms with van der Waals surface area (Å²) in [7, 11) is 0. The van der Waals surface area contributed by atoms with Gasteiger partial charge in [-0.05, 0) is 11.5 Å². The molecule has 0 radical (unpaired) electrons. The summed E-state index contributed by atoms with van der Waals surface area (Å²) in [4.78, 5) is 17.1. The molecule has 0 atom stereocenters. The van der Waals surface area contributed by atoms with E-state index in [-0.39, 0.29) is 11.5 Å². The Labute approximate surface area is 112 Å². The van der Waals surface area contributed by atoms with Crippen molar-refractivity contribution >= 4 is 23.1 Å². The van der Waals surface area contributed by atoms with Gasteiger partial charge in [0.05, 0.1) is 0 Å². The molecule has 2 rings (SSSR count). The van der Waals surface area contributed by atoms with Crippen molar-refractivity contribution in [3.05, 3.63) is 36.4 Å². The first-order valence-corrected chi connectivity index (χ1v) is 4.98. The Bertz CT molecular complexity index is 573. The van der Waals surface area contributed by atoms with Crippen LogP contribution in [0.3, 0.4) is 0 Å². The van der Waals surface area contributed by atoms with Crippen molar-refractivity contribution in [3.8, 4) is 11.5 Å². The number of hydrogen-bond donors (Lipinski definition) is 6. The second kappa shape index (κ2) is 8.03. The number of aromatic hydroxyl groups is 2. The van der Waals surface area contributed by atoms with Crippen LogP contribution in [0.5, 0.6) is 11.5 Å². The van der Waals surface area contributed by atoms with Crippen LogP contribution in [0, 0.1) is 0 Å². The molecule has 6 N–H and O–H groups in total. The molecule has 8 heteroatoms. The third-order valence-electron chi connectivity index (χ3n) is 1.82. The van der Waals surface area contributed by atoms with Crippen molar-refractivity contribution in [1.29, 1.82) is 0 Å². The lowest BCUT2D eigenvalue weighted by molar-refractivity contribution is 0.135. The SMILES string of the molecule is O=C(O)O.O=C(O)O.Oc1cc(O)c2ccccc2c1. The molecule has 0 heterocycles. The minimum Gasteiger partial charge on any atom is -0.508 e. The van der Waals surface area contributed by atoms with E-state index in [4.69, 9.17) is 35.1 Å². The molecular formula is C12H12O8. The fourth-order valence-corrected chi connectivity index (χ4v) is 1.27. The molecule has 0 amide bonds. The molecular weight excluding hydrogens is 272 g/mol. The van der Waals surface area contributed by atoms with E-state index in [1.807, 2.05) is 24.3 Å². The van der Waals surface area contributed by atoms with E-state index in [0.29, 0.717) is 0 Å². The highest BCUT2D eigenvalue weighted by molar-refractivity contribution is 5.89. The van der Waals surface area contributed by atoms with E-state index in [1.54, 1.807) is 6.07 Å². The van der Waals surface area contributed by atoms with E-state index in [9.17, 15) is 5.11 Å². The summed E-state index contributed by atoms with van der Waals surface area (Å²) >= 11 is 0. The number of carboxylic acid groups (broad SMARTS) is 4. The van der Waals surface area contributed by atoms with Crippen LogP contribution >= 0.6 is 0 Å². The largest absolute Gasteiger partial charge is 0.508 e. The molecule has 108 valence electrons. The number of phenolic OH excluding ortho intramolecular Hbond substituents is 2. The lowest BCUT2D eigenvalue weighted by Crippen LogP contribution is -1.81. The number of fused-ring (bicyclic) bond motifs is 1. The highest BCUT2D eigenvalue weighted by atomic mass is 16.6. The van der Waals surface area contributed by atoms with E-state index in [0.717, 1.165) is 10.8 Å². The van der Waals surface area contributed by atoms with E-state index < -0.39 is 12.3 Å². The Hall–Kier alpha value is -3.16. The molecule has 0 aliphatic rings. The quantitative estimate of drug-likeness (QED) is 0.431. The number of rotatable bonds is 0. The van der Waals surface area contributed by atoms with Crippen LogP contribution in [0.4, 0.5) is 9.59 Å². The van der Waals surface area contributed by atoms with Gasteiger partial charge in [-0.2, -0.15) is 0 Å². The normalized spacial score (nSPS) is 8.60. The summed E-state index contributed by atoms with van der Waals surface area (Å²) in [6.45, 7) is 0. The predicted molar refractivity (Wildman–Crippen MR) is 68.6 cm³/mol. The average molecular weight is 284 g/mol. The molecule has 0 aliphatic heterocycles. The molecule has 20 heavy (non-hydrogen) atoms. The first-order valence-electron chi connectivity index (χ1n) is 4.98. The second-order valence-corrected chi connectivity index (χ2v) is 3.25. The Morgan fingerprint density at radius 2 is 1.25 bits per heavy atom. The van der Waals surface area contributed by atoms with E-state index in [1.165, 1.54) is 6.07 Å². The zero-order valence-electron chi connectivity index (χ0n) is 9.96. The lowest BCUT2D eigenvalue weighted by Gasteiger charge is -2.00. The van der Waals surface area contributed by atoms with Crippen LogP contribution in [-0.2, 0) is 0 Å². The third kappa shape index (κ3) is 7.22. The van der Waals surface area contributed by atoms with Gasteiger partial charge in [-0.3, -0.25) is 0 Å². The number of phenols is 2. The Balaban J connectivity index is 0.000000380. The Morgan fingerprint density at radius 3 is 1.75 bits per heavy atom. The van der Waals surface area contributed by atoms with Gasteiger partial charge in [0, 0.05) is 11.5 Å². The van der Waals surface area contributed by atoms with E-state index >= 15 is 0 Å². The third-order valence-corrected chi connectivity index (χ3v) is 1.82. The standard InChI is InChI=1S/C10H8O2.2CH2O3/c11-8-5-7-3-1-2-4-9(7)10(12)6-8;2*2-1(3)4/h1-6,11-12H;2*(H2,2,3,4). The van der Waals surface area contributed by atoms with Gasteiger partial charge < -0.3 is 30.6 Å². The summed E-state index contributed by atoms with van der Waals surface area (Å²) in [5, 5.41) is 48.0. The molecule has 0 saturated carbocycles. The maximum atomic E-state index is 9.39. The van der Waals surface area contributed by atoms with Gasteiger partial charge >= 0.3 is 12.3 Å². The van der Waals surface area contributed by atoms with Gasteiger partial charge in [0.2, 0.25) is 0 Å². The van der Waals surface area contributed by atoms with Crippen LogP contribution in [0.25, 0.3) is 10.8 Å². The van der Waals surface area contributed by atoms with Crippen LogP contribution in [0.15, 0.2) is 36.4 Å². The van der Waals surface area contributed by atoms with Gasteiger partial charge in [0.1, 0.15) is 11.5 Å². The molecule has 0 unspecified atom stereocenters. The van der Waals surface area contributed by atoms with Crippen molar-refractivity contribution in [2.75, 3.05) is 0 Å². The first kappa shape index (κ1) is 16.8. The number of benzene rings is 2. The van der Waals surface area contributed by atoms with Gasteiger partial charge in [-0.25, -0.2) is 9.59 Å². The van der Waals surface area contributed by atoms with Gasteiger partial charge in [-0.15, -0.1) is 0 Å². The van der Waals surface area contributed by atoms with Crippen molar-refractivity contribution in [2.45, 2.75) is 0 Å². The summed E-state index contributed by atoms with van der Waals surface area (Å²) < 4.78 is 0. The van der Waals surface area contributed by atoms with Crippen molar-refractivity contribution in [1.82, 2.24) is 0 Å². The summed E-state index contributed by atoms with van der Waals surface area (Å²) in [5.41, 5.74) is 0. The highest BCUT2D eigenvalue weighted by Crippen LogP contribution is 2.28. The average Bonchev–Trinajstić information content (AvgIpc) is 2.27.